The van der Waals surface area contributed by atoms with Crippen LogP contribution in [0.2, 0.25) is 0 Å². The molecule has 0 aliphatic carbocycles. The summed E-state index contributed by atoms with van der Waals surface area (Å²) in [7, 11) is 0. The molecule has 1 saturated heterocycles. The number of hydrogen-bond acceptors (Lipinski definition) is 3. The lowest BCUT2D eigenvalue weighted by atomic mass is 10.1. The van der Waals surface area contributed by atoms with Gasteiger partial charge in [-0.3, -0.25) is 0 Å². The first-order valence-electron chi connectivity index (χ1n) is 7.12. The van der Waals surface area contributed by atoms with Crippen molar-refractivity contribution in [2.45, 2.75) is 32.2 Å². The molecule has 1 atom stereocenters. The van der Waals surface area contributed by atoms with E-state index in [-0.39, 0.29) is 11.6 Å². The molecule has 5 heteroatoms. The van der Waals surface area contributed by atoms with Crippen LogP contribution < -0.4 is 5.32 Å². The maximum atomic E-state index is 13.8. The fourth-order valence-electron chi connectivity index (χ4n) is 2.61. The van der Waals surface area contributed by atoms with E-state index in [9.17, 15) is 9.18 Å². The number of likely N-dealkylation sites (tertiary alicyclic amines) is 1. The van der Waals surface area contributed by atoms with Crippen molar-refractivity contribution in [1.82, 2.24) is 4.90 Å². The second-order valence-electron chi connectivity index (χ2n) is 5.21. The first-order chi connectivity index (χ1) is 9.60. The van der Waals surface area contributed by atoms with Gasteiger partial charge in [-0.1, -0.05) is 6.92 Å². The Labute approximate surface area is 118 Å². The lowest BCUT2D eigenvalue weighted by Crippen LogP contribution is -2.26. The molecule has 1 heterocycles. The van der Waals surface area contributed by atoms with Gasteiger partial charge in [0.25, 0.3) is 0 Å². The highest BCUT2D eigenvalue weighted by Crippen LogP contribution is 2.21. The van der Waals surface area contributed by atoms with Crippen LogP contribution in [0.15, 0.2) is 18.2 Å². The monoisotopic (exact) mass is 280 g/mol. The van der Waals surface area contributed by atoms with Crippen LogP contribution in [0.4, 0.5) is 10.1 Å². The van der Waals surface area contributed by atoms with Crippen molar-refractivity contribution in [1.29, 1.82) is 0 Å². The molecule has 1 aliphatic heterocycles. The minimum absolute atomic E-state index is 0.109. The van der Waals surface area contributed by atoms with Crippen molar-refractivity contribution in [3.05, 3.63) is 29.6 Å². The number of carbonyl (C=O) groups is 1. The van der Waals surface area contributed by atoms with Gasteiger partial charge in [-0.2, -0.15) is 0 Å². The molecule has 1 aliphatic rings. The Kier molecular flexibility index (Phi) is 4.95. The number of rotatable bonds is 4. The zero-order valence-corrected chi connectivity index (χ0v) is 11.7. The Morgan fingerprint density at radius 2 is 2.25 bits per heavy atom. The summed E-state index contributed by atoms with van der Waals surface area (Å²) in [6, 6.07) is 4.07. The van der Waals surface area contributed by atoms with Gasteiger partial charge in [-0.25, -0.2) is 9.18 Å². The third-order valence-electron chi connectivity index (χ3n) is 3.84. The predicted molar refractivity (Wildman–Crippen MR) is 76.7 cm³/mol. The number of nitrogens with zero attached hydrogens (tertiary/aromatic N) is 1. The highest BCUT2D eigenvalue weighted by molar-refractivity contribution is 5.88. The summed E-state index contributed by atoms with van der Waals surface area (Å²) in [5.41, 5.74) is 0.401. The van der Waals surface area contributed by atoms with Crippen LogP contribution in [0.1, 0.15) is 36.5 Å². The molecule has 1 aromatic carbocycles. The molecule has 0 radical (unpaired) electrons. The van der Waals surface area contributed by atoms with E-state index in [0.717, 1.165) is 38.9 Å². The largest absolute Gasteiger partial charge is 0.478 e. The van der Waals surface area contributed by atoms with E-state index in [4.69, 9.17) is 5.11 Å². The molecule has 0 bridgehead atoms. The maximum Gasteiger partial charge on any atom is 0.335 e. The van der Waals surface area contributed by atoms with Crippen LogP contribution in [-0.4, -0.2) is 41.7 Å². The number of anilines is 1. The van der Waals surface area contributed by atoms with Crippen molar-refractivity contribution in [3.8, 4) is 0 Å². The van der Waals surface area contributed by atoms with E-state index in [2.05, 4.69) is 17.1 Å². The third-order valence-corrected chi connectivity index (χ3v) is 3.84. The van der Waals surface area contributed by atoms with Crippen molar-refractivity contribution in [2.75, 3.05) is 25.0 Å². The number of nitrogens with one attached hydrogen (secondary N) is 1. The maximum absolute atomic E-state index is 13.8. The fourth-order valence-corrected chi connectivity index (χ4v) is 2.61. The molecule has 2 N–H and O–H groups in total. The topological polar surface area (TPSA) is 52.6 Å². The summed E-state index contributed by atoms with van der Waals surface area (Å²) in [6.07, 6.45) is 3.00. The van der Waals surface area contributed by atoms with Crippen LogP contribution in [0.5, 0.6) is 0 Å². The van der Waals surface area contributed by atoms with Crippen molar-refractivity contribution in [2.24, 2.45) is 0 Å². The van der Waals surface area contributed by atoms with Gasteiger partial charge in [0.15, 0.2) is 0 Å². The molecule has 20 heavy (non-hydrogen) atoms. The van der Waals surface area contributed by atoms with Crippen molar-refractivity contribution >= 4 is 11.7 Å². The van der Waals surface area contributed by atoms with Gasteiger partial charge < -0.3 is 15.3 Å². The Balaban J connectivity index is 2.05. The molecule has 1 aromatic rings. The lowest BCUT2D eigenvalue weighted by Gasteiger charge is -2.19. The highest BCUT2D eigenvalue weighted by Gasteiger charge is 2.17. The van der Waals surface area contributed by atoms with E-state index in [1.165, 1.54) is 18.2 Å². The zero-order valence-electron chi connectivity index (χ0n) is 11.7. The molecule has 1 unspecified atom stereocenters. The molecule has 110 valence electrons. The predicted octanol–water partition coefficient (Wildman–Crippen LogP) is 2.81. The van der Waals surface area contributed by atoms with Crippen LogP contribution in [-0.2, 0) is 0 Å². The fraction of sp³-hybridized carbons (Fsp3) is 0.533. The average Bonchev–Trinajstić information content (AvgIpc) is 2.66. The quantitative estimate of drug-likeness (QED) is 0.890. The van der Waals surface area contributed by atoms with Crippen LogP contribution in [0, 0.1) is 5.82 Å². The van der Waals surface area contributed by atoms with Crippen LogP contribution in [0.3, 0.4) is 0 Å². The second-order valence-corrected chi connectivity index (χ2v) is 5.21. The van der Waals surface area contributed by atoms with Crippen molar-refractivity contribution in [3.63, 3.8) is 0 Å². The average molecular weight is 280 g/mol. The Hall–Kier alpha value is -1.62. The Morgan fingerprint density at radius 1 is 1.45 bits per heavy atom. The summed E-state index contributed by atoms with van der Waals surface area (Å²) < 4.78 is 13.8. The molecule has 0 aromatic heterocycles. The molecule has 4 nitrogen and oxygen atoms in total. The normalized spacial score (nSPS) is 20.4. The van der Waals surface area contributed by atoms with Gasteiger partial charge in [0, 0.05) is 12.6 Å². The van der Waals surface area contributed by atoms with Gasteiger partial charge in [0.2, 0.25) is 0 Å². The van der Waals surface area contributed by atoms with E-state index in [1.807, 2.05) is 0 Å². The number of carboxylic acids is 1. The number of aromatic carboxylic acids is 1. The van der Waals surface area contributed by atoms with Gasteiger partial charge in [0.05, 0.1) is 11.3 Å². The van der Waals surface area contributed by atoms with Gasteiger partial charge in [-0.15, -0.1) is 0 Å². The van der Waals surface area contributed by atoms with Gasteiger partial charge in [0.1, 0.15) is 5.82 Å². The first kappa shape index (κ1) is 14.8. The lowest BCUT2D eigenvalue weighted by molar-refractivity contribution is 0.0697. The number of carboxylic acid groups (broad SMARTS) is 1. The first-order valence-corrected chi connectivity index (χ1v) is 7.12. The molecular formula is C15H21FN2O2. The Morgan fingerprint density at radius 3 is 2.95 bits per heavy atom. The second kappa shape index (κ2) is 6.70. The smallest absolute Gasteiger partial charge is 0.335 e. The molecule has 0 saturated carbocycles. The third kappa shape index (κ3) is 3.70. The molecular weight excluding hydrogens is 259 g/mol. The van der Waals surface area contributed by atoms with Crippen LogP contribution in [0.25, 0.3) is 0 Å². The molecule has 2 rings (SSSR count). The van der Waals surface area contributed by atoms with E-state index in [1.54, 1.807) is 0 Å². The van der Waals surface area contributed by atoms with Gasteiger partial charge in [-0.05, 0) is 50.6 Å². The van der Waals surface area contributed by atoms with E-state index < -0.39 is 11.8 Å². The summed E-state index contributed by atoms with van der Waals surface area (Å²) in [5.74, 6) is -1.43. The SMILES string of the molecule is CCN1CCCC(Nc2cc(C(=O)O)ccc2F)CC1. The van der Waals surface area contributed by atoms with Crippen molar-refractivity contribution < 1.29 is 14.3 Å². The Bertz CT molecular complexity index is 479. The number of benzene rings is 1. The van der Waals surface area contributed by atoms with E-state index in [0.29, 0.717) is 5.69 Å². The minimum Gasteiger partial charge on any atom is -0.478 e. The summed E-state index contributed by atoms with van der Waals surface area (Å²) in [5, 5.41) is 12.1. The summed E-state index contributed by atoms with van der Waals surface area (Å²) in [6.45, 7) is 5.25. The van der Waals surface area contributed by atoms with Crippen LogP contribution >= 0.6 is 0 Å². The van der Waals surface area contributed by atoms with Gasteiger partial charge >= 0.3 is 5.97 Å². The standard InChI is InChI=1S/C15H21FN2O2/c1-2-18-8-3-4-12(7-9-18)17-14-10-11(15(19)20)5-6-13(14)16/h5-6,10,12,17H,2-4,7-9H2,1H3,(H,19,20). The summed E-state index contributed by atoms with van der Waals surface area (Å²) in [4.78, 5) is 13.3. The minimum atomic E-state index is -1.04. The molecule has 1 fully saturated rings. The van der Waals surface area contributed by atoms with E-state index >= 15 is 0 Å². The molecule has 0 spiro atoms. The summed E-state index contributed by atoms with van der Waals surface area (Å²) >= 11 is 0. The number of hydrogen-bond donors (Lipinski definition) is 2. The number of halogens is 1. The zero-order chi connectivity index (χ0) is 14.5. The molecule has 0 amide bonds. The highest BCUT2D eigenvalue weighted by atomic mass is 19.1.